The van der Waals surface area contributed by atoms with Gasteiger partial charge in [-0.2, -0.15) is 0 Å². The van der Waals surface area contributed by atoms with Crippen LogP contribution in [-0.2, 0) is 10.0 Å². The van der Waals surface area contributed by atoms with Crippen molar-refractivity contribution in [3.05, 3.63) is 58.7 Å². The summed E-state index contributed by atoms with van der Waals surface area (Å²) in [5.74, 6) is -0.397. The van der Waals surface area contributed by atoms with Crippen molar-refractivity contribution in [1.29, 1.82) is 0 Å². The first-order valence-electron chi connectivity index (χ1n) is 6.97. The Balaban J connectivity index is 1.91. The Morgan fingerprint density at radius 3 is 2.62 bits per heavy atom. The van der Waals surface area contributed by atoms with Gasteiger partial charge in [0.25, 0.3) is 5.91 Å². The molecule has 0 radical (unpaired) electrons. The third-order valence-corrected chi connectivity index (χ3v) is 4.87. The minimum atomic E-state index is -3.86. The Morgan fingerprint density at radius 2 is 1.92 bits per heavy atom. The van der Waals surface area contributed by atoms with Gasteiger partial charge in [-0.25, -0.2) is 13.6 Å². The van der Waals surface area contributed by atoms with Crippen LogP contribution in [0.4, 0.5) is 5.69 Å². The van der Waals surface area contributed by atoms with Crippen LogP contribution in [-0.4, -0.2) is 19.3 Å². The van der Waals surface area contributed by atoms with E-state index in [0.717, 1.165) is 10.9 Å². The first-order chi connectivity index (χ1) is 11.2. The number of nitrogens with two attached hydrogens (primary N) is 1. The minimum absolute atomic E-state index is 0.0243. The number of anilines is 1. The first-order valence-corrected chi connectivity index (χ1v) is 8.89. The molecule has 0 aliphatic carbocycles. The number of nitrogens with one attached hydrogen (secondary N) is 2. The van der Waals surface area contributed by atoms with E-state index in [2.05, 4.69) is 10.3 Å². The average Bonchev–Trinajstić information content (AvgIpc) is 2.91. The highest BCUT2D eigenvalue weighted by Crippen LogP contribution is 2.22. The molecule has 3 aromatic rings. The van der Waals surface area contributed by atoms with Crippen molar-refractivity contribution in [1.82, 2.24) is 4.98 Å². The Kier molecular flexibility index (Phi) is 4.08. The minimum Gasteiger partial charge on any atom is -0.351 e. The molecule has 3 rings (SSSR count). The summed E-state index contributed by atoms with van der Waals surface area (Å²) < 4.78 is 23.1. The van der Waals surface area contributed by atoms with Gasteiger partial charge in [-0.3, -0.25) is 4.79 Å². The fourth-order valence-corrected chi connectivity index (χ4v) is 3.40. The molecular formula is C16H14ClN3O3S. The molecule has 0 bridgehead atoms. The lowest BCUT2D eigenvalue weighted by molar-refractivity contribution is 0.102. The maximum Gasteiger partial charge on any atom is 0.272 e. The van der Waals surface area contributed by atoms with Crippen molar-refractivity contribution >= 4 is 44.1 Å². The SMILES string of the molecule is Cc1ccc(NC(=O)c2cc3cc(Cl)ccc3[nH]2)cc1S(N)(=O)=O. The molecule has 8 heteroatoms. The standard InChI is InChI=1S/C16H14ClN3O3S/c1-9-2-4-12(8-15(9)24(18,22)23)19-16(21)14-7-10-6-11(17)3-5-13(10)20-14/h2-8,20H,1H3,(H,19,21)(H2,18,22,23). The van der Waals surface area contributed by atoms with Crippen molar-refractivity contribution < 1.29 is 13.2 Å². The van der Waals surface area contributed by atoms with Gasteiger partial charge in [-0.05, 0) is 48.9 Å². The number of carbonyl (C=O) groups is 1. The van der Waals surface area contributed by atoms with Crippen LogP contribution in [0.3, 0.4) is 0 Å². The summed E-state index contributed by atoms with van der Waals surface area (Å²) in [7, 11) is -3.86. The number of hydrogen-bond donors (Lipinski definition) is 3. The molecule has 6 nitrogen and oxygen atoms in total. The lowest BCUT2D eigenvalue weighted by Gasteiger charge is -2.08. The number of H-pyrrole nitrogens is 1. The molecule has 4 N–H and O–H groups in total. The van der Waals surface area contributed by atoms with E-state index in [9.17, 15) is 13.2 Å². The van der Waals surface area contributed by atoms with Crippen LogP contribution in [0.1, 0.15) is 16.1 Å². The van der Waals surface area contributed by atoms with Gasteiger partial charge in [0, 0.05) is 21.6 Å². The van der Waals surface area contributed by atoms with E-state index in [1.165, 1.54) is 6.07 Å². The van der Waals surface area contributed by atoms with Crippen LogP contribution >= 0.6 is 11.6 Å². The number of aryl methyl sites for hydroxylation is 1. The number of halogens is 1. The van der Waals surface area contributed by atoms with Gasteiger partial charge in [0.05, 0.1) is 4.90 Å². The highest BCUT2D eigenvalue weighted by atomic mass is 35.5. The van der Waals surface area contributed by atoms with E-state index in [1.54, 1.807) is 43.3 Å². The normalized spacial score (nSPS) is 11.6. The summed E-state index contributed by atoms with van der Waals surface area (Å²) >= 11 is 5.93. The first kappa shape index (κ1) is 16.5. The summed E-state index contributed by atoms with van der Waals surface area (Å²) in [6.07, 6.45) is 0. The number of amides is 1. The molecule has 0 fully saturated rings. The number of hydrogen-bond acceptors (Lipinski definition) is 3. The second kappa shape index (κ2) is 5.94. The van der Waals surface area contributed by atoms with E-state index in [0.29, 0.717) is 22.0 Å². The quantitative estimate of drug-likeness (QED) is 0.666. The van der Waals surface area contributed by atoms with E-state index < -0.39 is 15.9 Å². The number of sulfonamides is 1. The Bertz CT molecular complexity index is 1060. The Morgan fingerprint density at radius 1 is 1.17 bits per heavy atom. The third-order valence-electron chi connectivity index (χ3n) is 3.58. The van der Waals surface area contributed by atoms with Gasteiger partial charge in [0.1, 0.15) is 5.69 Å². The van der Waals surface area contributed by atoms with Gasteiger partial charge < -0.3 is 10.3 Å². The van der Waals surface area contributed by atoms with Gasteiger partial charge in [0.15, 0.2) is 0 Å². The predicted octanol–water partition coefficient (Wildman–Crippen LogP) is 3.03. The number of aromatic nitrogens is 1. The smallest absolute Gasteiger partial charge is 0.272 e. The zero-order chi connectivity index (χ0) is 17.5. The molecule has 0 saturated carbocycles. The van der Waals surface area contributed by atoms with Crippen molar-refractivity contribution in [2.45, 2.75) is 11.8 Å². The molecule has 0 unspecified atom stereocenters. The molecular weight excluding hydrogens is 350 g/mol. The van der Waals surface area contributed by atoms with Crippen molar-refractivity contribution in [2.24, 2.45) is 5.14 Å². The molecule has 0 atom stereocenters. The molecule has 2 aromatic carbocycles. The number of primary sulfonamides is 1. The second-order valence-electron chi connectivity index (χ2n) is 5.39. The van der Waals surface area contributed by atoms with Gasteiger partial charge in [0.2, 0.25) is 10.0 Å². The van der Waals surface area contributed by atoms with E-state index in [4.69, 9.17) is 16.7 Å². The number of aromatic amines is 1. The molecule has 0 spiro atoms. The van der Waals surface area contributed by atoms with Crippen LogP contribution < -0.4 is 10.5 Å². The van der Waals surface area contributed by atoms with Gasteiger partial charge >= 0.3 is 0 Å². The van der Waals surface area contributed by atoms with Crippen LogP contribution in [0.25, 0.3) is 10.9 Å². The third kappa shape index (κ3) is 3.28. The second-order valence-corrected chi connectivity index (χ2v) is 7.36. The van der Waals surface area contributed by atoms with Gasteiger partial charge in [-0.15, -0.1) is 0 Å². The van der Waals surface area contributed by atoms with E-state index in [1.807, 2.05) is 0 Å². The predicted molar refractivity (Wildman–Crippen MR) is 93.8 cm³/mol. The zero-order valence-corrected chi connectivity index (χ0v) is 14.2. The van der Waals surface area contributed by atoms with Crippen molar-refractivity contribution in [3.63, 3.8) is 0 Å². The summed E-state index contributed by atoms with van der Waals surface area (Å²) in [6, 6.07) is 11.4. The zero-order valence-electron chi connectivity index (χ0n) is 12.6. The highest BCUT2D eigenvalue weighted by Gasteiger charge is 2.15. The lowest BCUT2D eigenvalue weighted by Crippen LogP contribution is -2.16. The lowest BCUT2D eigenvalue weighted by atomic mass is 10.2. The topological polar surface area (TPSA) is 105 Å². The van der Waals surface area contributed by atoms with E-state index in [-0.39, 0.29) is 4.90 Å². The Hall–Kier alpha value is -2.35. The molecule has 124 valence electrons. The number of rotatable bonds is 3. The summed E-state index contributed by atoms with van der Waals surface area (Å²) in [5, 5.41) is 9.21. The fraction of sp³-hybridized carbons (Fsp3) is 0.0625. The highest BCUT2D eigenvalue weighted by molar-refractivity contribution is 7.89. The number of carbonyl (C=O) groups excluding carboxylic acids is 1. The largest absolute Gasteiger partial charge is 0.351 e. The molecule has 0 aliphatic rings. The summed E-state index contributed by atoms with van der Waals surface area (Å²) in [6.45, 7) is 1.63. The molecule has 1 aromatic heterocycles. The molecule has 0 saturated heterocycles. The maximum atomic E-state index is 12.4. The summed E-state index contributed by atoms with van der Waals surface area (Å²) in [5.41, 5.74) is 1.96. The number of fused-ring (bicyclic) bond motifs is 1. The molecule has 1 heterocycles. The molecule has 24 heavy (non-hydrogen) atoms. The van der Waals surface area contributed by atoms with Crippen LogP contribution in [0.2, 0.25) is 5.02 Å². The monoisotopic (exact) mass is 363 g/mol. The van der Waals surface area contributed by atoms with Crippen LogP contribution in [0.5, 0.6) is 0 Å². The average molecular weight is 364 g/mol. The maximum absolute atomic E-state index is 12.4. The number of benzene rings is 2. The molecule has 0 aliphatic heterocycles. The van der Waals surface area contributed by atoms with Gasteiger partial charge in [-0.1, -0.05) is 17.7 Å². The fourth-order valence-electron chi connectivity index (χ4n) is 2.41. The Labute approximate surface area is 143 Å². The summed E-state index contributed by atoms with van der Waals surface area (Å²) in [4.78, 5) is 15.3. The van der Waals surface area contributed by atoms with E-state index >= 15 is 0 Å². The molecule has 1 amide bonds. The van der Waals surface area contributed by atoms with Crippen molar-refractivity contribution in [2.75, 3.05) is 5.32 Å². The van der Waals surface area contributed by atoms with Crippen LogP contribution in [0.15, 0.2) is 47.4 Å². The van der Waals surface area contributed by atoms with Crippen molar-refractivity contribution in [3.8, 4) is 0 Å². The van der Waals surface area contributed by atoms with Crippen LogP contribution in [0, 0.1) is 6.92 Å².